The Morgan fingerprint density at radius 2 is 2.25 bits per heavy atom. The molecule has 2 N–H and O–H groups in total. The van der Waals surface area contributed by atoms with Gasteiger partial charge in [0.25, 0.3) is 0 Å². The van der Waals surface area contributed by atoms with Crippen molar-refractivity contribution in [3.05, 3.63) is 43.2 Å². The fraction of sp³-hybridized carbons (Fsp3) is 0.467. The summed E-state index contributed by atoms with van der Waals surface area (Å²) in [6, 6.07) is 7.75. The van der Waals surface area contributed by atoms with Crippen molar-refractivity contribution >= 4 is 38.6 Å². The van der Waals surface area contributed by atoms with Gasteiger partial charge in [-0.3, -0.25) is 4.90 Å². The summed E-state index contributed by atoms with van der Waals surface area (Å²) in [5, 5.41) is 4.31. The Hall–Kier alpha value is -0.200. The molecule has 20 heavy (non-hydrogen) atoms. The highest BCUT2D eigenvalue weighted by atomic mass is 79.9. The number of thiophene rings is 2. The third-order valence-corrected chi connectivity index (χ3v) is 6.29. The van der Waals surface area contributed by atoms with Crippen molar-refractivity contribution in [3.8, 4) is 0 Å². The normalized spacial score (nSPS) is 18.4. The zero-order valence-electron chi connectivity index (χ0n) is 11.5. The summed E-state index contributed by atoms with van der Waals surface area (Å²) in [7, 11) is 0. The lowest BCUT2D eigenvalue weighted by molar-refractivity contribution is 0.162. The smallest absolute Gasteiger partial charge is 0.0596 e. The van der Waals surface area contributed by atoms with Crippen LogP contribution in [0, 0.1) is 0 Å². The van der Waals surface area contributed by atoms with Crippen molar-refractivity contribution in [1.29, 1.82) is 0 Å². The van der Waals surface area contributed by atoms with E-state index in [-0.39, 0.29) is 6.04 Å². The summed E-state index contributed by atoms with van der Waals surface area (Å²) in [6.07, 6.45) is 2.61. The van der Waals surface area contributed by atoms with E-state index in [0.717, 1.165) is 11.0 Å². The van der Waals surface area contributed by atoms with Gasteiger partial charge in [-0.05, 0) is 53.2 Å². The van der Waals surface area contributed by atoms with E-state index in [1.54, 1.807) is 11.3 Å². The summed E-state index contributed by atoms with van der Waals surface area (Å²) in [5.74, 6) is 0. The SMILES string of the molecule is CC(N)C(c1cc(Br)cs1)N(Cc1cccs1)C1CC1. The minimum atomic E-state index is 0.140. The topological polar surface area (TPSA) is 29.3 Å². The van der Waals surface area contributed by atoms with Gasteiger partial charge in [0.15, 0.2) is 0 Å². The first-order chi connectivity index (χ1) is 9.65. The van der Waals surface area contributed by atoms with Crippen LogP contribution in [-0.2, 0) is 6.54 Å². The molecule has 3 rings (SSSR count). The number of hydrogen-bond donors (Lipinski definition) is 1. The number of halogens is 1. The minimum Gasteiger partial charge on any atom is -0.326 e. The fourth-order valence-electron chi connectivity index (χ4n) is 2.65. The maximum atomic E-state index is 6.33. The van der Waals surface area contributed by atoms with Crippen LogP contribution in [0.5, 0.6) is 0 Å². The molecule has 0 amide bonds. The van der Waals surface area contributed by atoms with E-state index in [2.05, 4.69) is 56.7 Å². The second kappa shape index (κ2) is 6.28. The quantitative estimate of drug-likeness (QED) is 0.803. The van der Waals surface area contributed by atoms with E-state index in [4.69, 9.17) is 5.73 Å². The van der Waals surface area contributed by atoms with E-state index in [1.807, 2.05) is 11.3 Å². The second-order valence-electron chi connectivity index (χ2n) is 5.45. The molecule has 1 aliphatic carbocycles. The highest BCUT2D eigenvalue weighted by Gasteiger charge is 2.37. The lowest BCUT2D eigenvalue weighted by atomic mass is 10.1. The van der Waals surface area contributed by atoms with E-state index in [9.17, 15) is 0 Å². The van der Waals surface area contributed by atoms with Gasteiger partial charge in [-0.2, -0.15) is 0 Å². The van der Waals surface area contributed by atoms with Gasteiger partial charge in [-0.25, -0.2) is 0 Å². The second-order valence-corrected chi connectivity index (χ2v) is 8.34. The van der Waals surface area contributed by atoms with E-state index in [0.29, 0.717) is 12.1 Å². The molecular formula is C15H19BrN2S2. The Kier molecular flexibility index (Phi) is 4.62. The van der Waals surface area contributed by atoms with Gasteiger partial charge in [0.1, 0.15) is 0 Å². The summed E-state index contributed by atoms with van der Waals surface area (Å²) in [4.78, 5) is 5.41. The minimum absolute atomic E-state index is 0.140. The lowest BCUT2D eigenvalue weighted by Crippen LogP contribution is -2.40. The molecule has 1 saturated carbocycles. The molecule has 2 nitrogen and oxygen atoms in total. The average molecular weight is 371 g/mol. The highest BCUT2D eigenvalue weighted by molar-refractivity contribution is 9.10. The van der Waals surface area contributed by atoms with Gasteiger partial charge < -0.3 is 5.73 Å². The maximum Gasteiger partial charge on any atom is 0.0596 e. The van der Waals surface area contributed by atoms with Crippen LogP contribution >= 0.6 is 38.6 Å². The molecule has 0 saturated heterocycles. The van der Waals surface area contributed by atoms with Gasteiger partial charge in [0.05, 0.1) is 6.04 Å². The van der Waals surface area contributed by atoms with E-state index >= 15 is 0 Å². The Morgan fingerprint density at radius 1 is 1.45 bits per heavy atom. The Labute approximate surface area is 136 Å². The van der Waals surface area contributed by atoms with Crippen LogP contribution in [0.15, 0.2) is 33.4 Å². The van der Waals surface area contributed by atoms with Crippen LogP contribution in [0.1, 0.15) is 35.6 Å². The molecule has 0 aromatic carbocycles. The molecule has 2 heterocycles. The van der Waals surface area contributed by atoms with Gasteiger partial charge in [0.2, 0.25) is 0 Å². The predicted octanol–water partition coefficient (Wildman–Crippen LogP) is 4.63. The number of rotatable bonds is 6. The molecule has 1 aliphatic rings. The first-order valence-corrected chi connectivity index (χ1v) is 9.48. The molecule has 5 heteroatoms. The van der Waals surface area contributed by atoms with Gasteiger partial charge in [-0.1, -0.05) is 6.07 Å². The Bertz CT molecular complexity index is 546. The average Bonchev–Trinajstić information content (AvgIpc) is 2.96. The third-order valence-electron chi connectivity index (χ3n) is 3.67. The van der Waals surface area contributed by atoms with Crippen molar-refractivity contribution < 1.29 is 0 Å². The summed E-state index contributed by atoms with van der Waals surface area (Å²) in [5.41, 5.74) is 6.33. The van der Waals surface area contributed by atoms with Gasteiger partial charge >= 0.3 is 0 Å². The van der Waals surface area contributed by atoms with Crippen molar-refractivity contribution in [1.82, 2.24) is 4.90 Å². The number of hydrogen-bond acceptors (Lipinski definition) is 4. The molecule has 2 aromatic rings. The van der Waals surface area contributed by atoms with Crippen LogP contribution in [0.25, 0.3) is 0 Å². The molecule has 0 radical (unpaired) electrons. The van der Waals surface area contributed by atoms with Gasteiger partial charge in [0, 0.05) is 38.2 Å². The van der Waals surface area contributed by atoms with Crippen LogP contribution in [0.4, 0.5) is 0 Å². The van der Waals surface area contributed by atoms with Crippen molar-refractivity contribution in [2.75, 3.05) is 0 Å². The Morgan fingerprint density at radius 3 is 2.75 bits per heavy atom. The molecule has 0 bridgehead atoms. The fourth-order valence-corrected chi connectivity index (χ4v) is 5.04. The summed E-state index contributed by atoms with van der Waals surface area (Å²) >= 11 is 7.21. The summed E-state index contributed by atoms with van der Waals surface area (Å²) < 4.78 is 1.16. The highest BCUT2D eigenvalue weighted by Crippen LogP contribution is 2.40. The molecule has 0 aliphatic heterocycles. The van der Waals surface area contributed by atoms with Crippen LogP contribution < -0.4 is 5.73 Å². The molecule has 108 valence electrons. The molecule has 1 fully saturated rings. The Balaban J connectivity index is 1.86. The molecule has 2 unspecified atom stereocenters. The third kappa shape index (κ3) is 3.34. The zero-order valence-corrected chi connectivity index (χ0v) is 14.7. The van der Waals surface area contributed by atoms with Crippen LogP contribution in [0.2, 0.25) is 0 Å². The molecule has 2 aromatic heterocycles. The number of nitrogens with two attached hydrogens (primary N) is 1. The molecular weight excluding hydrogens is 352 g/mol. The van der Waals surface area contributed by atoms with E-state index in [1.165, 1.54) is 22.6 Å². The predicted molar refractivity (Wildman–Crippen MR) is 91.3 cm³/mol. The standard InChI is InChI=1S/C15H19BrN2S2/c1-10(17)15(14-7-11(16)9-20-14)18(12-4-5-12)8-13-3-2-6-19-13/h2-3,6-7,9-10,12,15H,4-5,8,17H2,1H3. The van der Waals surface area contributed by atoms with Crippen LogP contribution in [-0.4, -0.2) is 17.0 Å². The van der Waals surface area contributed by atoms with Crippen LogP contribution in [0.3, 0.4) is 0 Å². The van der Waals surface area contributed by atoms with Crippen molar-refractivity contribution in [3.63, 3.8) is 0 Å². The monoisotopic (exact) mass is 370 g/mol. The zero-order chi connectivity index (χ0) is 14.1. The van der Waals surface area contributed by atoms with Crippen molar-refractivity contribution in [2.45, 2.75) is 44.4 Å². The largest absolute Gasteiger partial charge is 0.326 e. The number of nitrogens with zero attached hydrogens (tertiary/aromatic N) is 1. The van der Waals surface area contributed by atoms with Crippen molar-refractivity contribution in [2.24, 2.45) is 5.73 Å². The first-order valence-electron chi connectivity index (χ1n) is 6.93. The first kappa shape index (κ1) is 14.7. The lowest BCUT2D eigenvalue weighted by Gasteiger charge is -2.33. The molecule has 2 atom stereocenters. The van der Waals surface area contributed by atoms with E-state index < -0.39 is 0 Å². The maximum absolute atomic E-state index is 6.33. The van der Waals surface area contributed by atoms with Gasteiger partial charge in [-0.15, -0.1) is 22.7 Å². The summed E-state index contributed by atoms with van der Waals surface area (Å²) in [6.45, 7) is 3.14. The molecule has 0 spiro atoms.